The van der Waals surface area contributed by atoms with E-state index in [1.807, 2.05) is 13.8 Å². The fraction of sp³-hybridized carbons (Fsp3) is 0.833. The molecule has 0 aliphatic heterocycles. The summed E-state index contributed by atoms with van der Waals surface area (Å²) >= 11 is 0. The smallest absolute Gasteiger partial charge is 0.326 e. The third kappa shape index (κ3) is 6.89. The Hall–Kier alpha value is -1.59. The average molecular weight is 340 g/mol. The molecule has 0 heterocycles. The first kappa shape index (κ1) is 20.5. The Kier molecular flexibility index (Phi) is 7.24. The molecule has 0 radical (unpaired) electrons. The third-order valence-electron chi connectivity index (χ3n) is 4.52. The molecule has 0 aromatic carbocycles. The van der Waals surface area contributed by atoms with Gasteiger partial charge in [-0.3, -0.25) is 9.59 Å². The van der Waals surface area contributed by atoms with Gasteiger partial charge in [0, 0.05) is 5.92 Å². The van der Waals surface area contributed by atoms with Gasteiger partial charge < -0.3 is 15.7 Å². The van der Waals surface area contributed by atoms with E-state index in [2.05, 4.69) is 31.4 Å². The molecular weight excluding hydrogens is 308 g/mol. The van der Waals surface area contributed by atoms with Crippen molar-refractivity contribution in [1.29, 1.82) is 0 Å². The van der Waals surface area contributed by atoms with Crippen molar-refractivity contribution < 1.29 is 19.5 Å². The summed E-state index contributed by atoms with van der Waals surface area (Å²) in [7, 11) is 0. The molecule has 3 atom stereocenters. The minimum absolute atomic E-state index is 0.0810. The van der Waals surface area contributed by atoms with Gasteiger partial charge in [-0.15, -0.1) is 0 Å². The van der Waals surface area contributed by atoms with Crippen LogP contribution in [0.3, 0.4) is 0 Å². The lowest BCUT2D eigenvalue weighted by molar-refractivity contribution is -0.142. The van der Waals surface area contributed by atoms with Crippen LogP contribution < -0.4 is 10.6 Å². The molecule has 1 aliphatic rings. The van der Waals surface area contributed by atoms with E-state index in [4.69, 9.17) is 5.11 Å². The second-order valence-electron chi connectivity index (χ2n) is 8.42. The van der Waals surface area contributed by atoms with Crippen LogP contribution in [0.25, 0.3) is 0 Å². The monoisotopic (exact) mass is 340 g/mol. The Balaban J connectivity index is 2.48. The van der Waals surface area contributed by atoms with E-state index >= 15 is 0 Å². The number of nitrogens with one attached hydrogen (secondary N) is 2. The molecule has 6 nitrogen and oxygen atoms in total. The Bertz CT molecular complexity index is 474. The van der Waals surface area contributed by atoms with Crippen LogP contribution in [0, 0.1) is 23.2 Å². The van der Waals surface area contributed by atoms with Crippen molar-refractivity contribution in [3.8, 4) is 0 Å². The van der Waals surface area contributed by atoms with E-state index in [9.17, 15) is 14.4 Å². The molecule has 1 aliphatic carbocycles. The van der Waals surface area contributed by atoms with Crippen molar-refractivity contribution in [3.63, 3.8) is 0 Å². The van der Waals surface area contributed by atoms with E-state index in [0.717, 1.165) is 19.3 Å². The first-order valence-electron chi connectivity index (χ1n) is 8.80. The lowest BCUT2D eigenvalue weighted by Crippen LogP contribution is -2.47. The number of carbonyl (C=O) groups excluding carboxylic acids is 2. The second kappa shape index (κ2) is 8.49. The minimum Gasteiger partial charge on any atom is -0.480 e. The normalized spacial score (nSPS) is 24.2. The van der Waals surface area contributed by atoms with Crippen LogP contribution >= 0.6 is 0 Å². The van der Waals surface area contributed by atoms with E-state index < -0.39 is 17.9 Å². The summed E-state index contributed by atoms with van der Waals surface area (Å²) in [6.45, 7) is 10.1. The number of carboxylic acids is 1. The number of hydrogen-bond donors (Lipinski definition) is 3. The lowest BCUT2D eigenvalue weighted by atomic mass is 9.68. The van der Waals surface area contributed by atoms with Gasteiger partial charge in [-0.1, -0.05) is 34.6 Å². The Morgan fingerprint density at radius 1 is 1.21 bits per heavy atom. The van der Waals surface area contributed by atoms with Crippen LogP contribution in [0.5, 0.6) is 0 Å². The van der Waals surface area contributed by atoms with E-state index in [1.54, 1.807) is 0 Å². The summed E-state index contributed by atoms with van der Waals surface area (Å²) < 4.78 is 0. The zero-order valence-corrected chi connectivity index (χ0v) is 15.5. The van der Waals surface area contributed by atoms with Crippen LogP contribution in [0.4, 0.5) is 0 Å². The first-order valence-corrected chi connectivity index (χ1v) is 8.80. The highest BCUT2D eigenvalue weighted by Gasteiger charge is 2.35. The Morgan fingerprint density at radius 2 is 1.83 bits per heavy atom. The third-order valence-corrected chi connectivity index (χ3v) is 4.52. The summed E-state index contributed by atoms with van der Waals surface area (Å²) in [6.07, 6.45) is 3.12. The molecule has 24 heavy (non-hydrogen) atoms. The summed E-state index contributed by atoms with van der Waals surface area (Å²) in [6, 6.07) is -0.914. The van der Waals surface area contributed by atoms with E-state index in [1.165, 1.54) is 0 Å². The zero-order chi connectivity index (χ0) is 18.5. The molecule has 0 aromatic rings. The van der Waals surface area contributed by atoms with Crippen molar-refractivity contribution in [3.05, 3.63) is 0 Å². The molecule has 2 amide bonds. The van der Waals surface area contributed by atoms with Gasteiger partial charge >= 0.3 is 5.97 Å². The topological polar surface area (TPSA) is 95.5 Å². The molecule has 3 N–H and O–H groups in total. The van der Waals surface area contributed by atoms with Crippen molar-refractivity contribution in [2.75, 3.05) is 6.54 Å². The van der Waals surface area contributed by atoms with Gasteiger partial charge in [-0.2, -0.15) is 0 Å². The fourth-order valence-corrected chi connectivity index (χ4v) is 3.80. The standard InChI is InChI=1S/C18H32N2O4/c1-11(2)6-14(17(23)24)20-15(21)10-19-16(22)13-7-12(3)8-18(4,5)9-13/h11-14H,6-10H2,1-5H3,(H,19,22)(H,20,21)(H,23,24)/t12?,13?,14-/m0/s1. The van der Waals surface area contributed by atoms with Crippen LogP contribution in [0.1, 0.15) is 60.3 Å². The predicted molar refractivity (Wildman–Crippen MR) is 92.3 cm³/mol. The SMILES string of the molecule is CC(C)C[C@H](NC(=O)CNC(=O)C1CC(C)CC(C)(C)C1)C(=O)O. The molecule has 138 valence electrons. The Morgan fingerprint density at radius 3 is 2.33 bits per heavy atom. The molecule has 1 saturated carbocycles. The predicted octanol–water partition coefficient (Wildman–Crippen LogP) is 2.18. The Labute approximate surface area is 144 Å². The highest BCUT2D eigenvalue weighted by Crippen LogP contribution is 2.41. The number of carboxylic acid groups (broad SMARTS) is 1. The average Bonchev–Trinajstić information content (AvgIpc) is 2.41. The maximum absolute atomic E-state index is 12.3. The number of aliphatic carboxylic acids is 1. The number of carbonyl (C=O) groups is 3. The molecular formula is C18H32N2O4. The van der Waals surface area contributed by atoms with Gasteiger partial charge in [0.05, 0.1) is 6.54 Å². The molecule has 6 heteroatoms. The van der Waals surface area contributed by atoms with Gasteiger partial charge in [-0.05, 0) is 42.9 Å². The van der Waals surface area contributed by atoms with Crippen LogP contribution in [0.2, 0.25) is 0 Å². The maximum atomic E-state index is 12.3. The van der Waals surface area contributed by atoms with Gasteiger partial charge in [-0.25, -0.2) is 4.79 Å². The number of amides is 2. The highest BCUT2D eigenvalue weighted by molar-refractivity contribution is 5.88. The maximum Gasteiger partial charge on any atom is 0.326 e. The van der Waals surface area contributed by atoms with Crippen LogP contribution in [-0.2, 0) is 14.4 Å². The summed E-state index contributed by atoms with van der Waals surface area (Å²) in [5.41, 5.74) is 0.133. The van der Waals surface area contributed by atoms with Gasteiger partial charge in [0.2, 0.25) is 11.8 Å². The fourth-order valence-electron chi connectivity index (χ4n) is 3.80. The van der Waals surface area contributed by atoms with Crippen LogP contribution in [-0.4, -0.2) is 35.5 Å². The molecule has 2 unspecified atom stereocenters. The van der Waals surface area contributed by atoms with Gasteiger partial charge in [0.25, 0.3) is 0 Å². The van der Waals surface area contributed by atoms with Crippen molar-refractivity contribution in [2.24, 2.45) is 23.2 Å². The quantitative estimate of drug-likeness (QED) is 0.662. The van der Waals surface area contributed by atoms with E-state index in [0.29, 0.717) is 12.3 Å². The molecule has 0 spiro atoms. The number of rotatable bonds is 7. The van der Waals surface area contributed by atoms with Crippen molar-refractivity contribution in [2.45, 2.75) is 66.3 Å². The highest BCUT2D eigenvalue weighted by atomic mass is 16.4. The lowest BCUT2D eigenvalue weighted by Gasteiger charge is -2.38. The molecule has 0 bridgehead atoms. The number of hydrogen-bond acceptors (Lipinski definition) is 3. The summed E-state index contributed by atoms with van der Waals surface area (Å²) in [5, 5.41) is 14.3. The van der Waals surface area contributed by atoms with Gasteiger partial charge in [0.1, 0.15) is 6.04 Å². The molecule has 0 aromatic heterocycles. The first-order chi connectivity index (χ1) is 11.0. The molecule has 1 fully saturated rings. The molecule has 1 rings (SSSR count). The zero-order valence-electron chi connectivity index (χ0n) is 15.5. The van der Waals surface area contributed by atoms with Crippen molar-refractivity contribution >= 4 is 17.8 Å². The van der Waals surface area contributed by atoms with Gasteiger partial charge in [0.15, 0.2) is 0 Å². The van der Waals surface area contributed by atoms with E-state index in [-0.39, 0.29) is 29.7 Å². The minimum atomic E-state index is -1.05. The second-order valence-corrected chi connectivity index (χ2v) is 8.42. The van der Waals surface area contributed by atoms with Crippen molar-refractivity contribution in [1.82, 2.24) is 10.6 Å². The van der Waals surface area contributed by atoms with Crippen LogP contribution in [0.15, 0.2) is 0 Å². The summed E-state index contributed by atoms with van der Waals surface area (Å²) in [4.78, 5) is 35.4. The molecule has 0 saturated heterocycles. The largest absolute Gasteiger partial charge is 0.480 e. The summed E-state index contributed by atoms with van der Waals surface area (Å²) in [5.74, 6) is -1.05.